The van der Waals surface area contributed by atoms with Crippen LogP contribution in [-0.4, -0.2) is 8.42 Å². The molecule has 0 aliphatic carbocycles. The second-order valence-electron chi connectivity index (χ2n) is 4.31. The summed E-state index contributed by atoms with van der Waals surface area (Å²) in [6.45, 7) is 3.70. The molecule has 4 nitrogen and oxygen atoms in total. The third kappa shape index (κ3) is 3.17. The van der Waals surface area contributed by atoms with Crippen LogP contribution in [0, 0.1) is 13.8 Å². The van der Waals surface area contributed by atoms with Crippen LogP contribution in [0.3, 0.4) is 0 Å². The summed E-state index contributed by atoms with van der Waals surface area (Å²) < 4.78 is 32.3. The van der Waals surface area contributed by atoms with E-state index < -0.39 is 10.0 Å². The zero-order valence-corrected chi connectivity index (χ0v) is 13.2. The van der Waals surface area contributed by atoms with Crippen molar-refractivity contribution >= 4 is 33.2 Å². The molecular weight excluding hydrogens is 321 g/mol. The lowest BCUT2D eigenvalue weighted by molar-refractivity contribution is 0.500. The van der Waals surface area contributed by atoms with Crippen LogP contribution in [0.4, 0.5) is 0 Å². The lowest BCUT2D eigenvalue weighted by Gasteiger charge is -2.09. The minimum atomic E-state index is -3.78. The van der Waals surface area contributed by atoms with Crippen LogP contribution in [0.25, 0.3) is 0 Å². The maximum Gasteiger partial charge on any atom is 0.243 e. The molecule has 2 rings (SSSR count). The molecule has 20 heavy (non-hydrogen) atoms. The molecule has 108 valence electrons. The fourth-order valence-corrected chi connectivity index (χ4v) is 3.99. The average Bonchev–Trinajstić information content (AvgIpc) is 2.65. The highest BCUT2D eigenvalue weighted by Gasteiger charge is 2.21. The molecular formula is C13H13Cl2NO3S. The molecule has 0 aliphatic rings. The van der Waals surface area contributed by atoms with Gasteiger partial charge in [0, 0.05) is 12.1 Å². The molecule has 1 aromatic heterocycles. The highest BCUT2D eigenvalue weighted by Crippen LogP contribution is 2.29. The van der Waals surface area contributed by atoms with E-state index in [0.29, 0.717) is 5.76 Å². The van der Waals surface area contributed by atoms with Crippen molar-refractivity contribution in [3.8, 4) is 0 Å². The molecule has 0 amide bonds. The number of aryl methyl sites for hydroxylation is 2. The van der Waals surface area contributed by atoms with E-state index in [1.807, 2.05) is 0 Å². The Balaban J connectivity index is 2.26. The molecule has 2 aromatic rings. The largest absolute Gasteiger partial charge is 0.466 e. The van der Waals surface area contributed by atoms with Crippen molar-refractivity contribution in [2.24, 2.45) is 0 Å². The first-order chi connectivity index (χ1) is 9.31. The smallest absolute Gasteiger partial charge is 0.243 e. The molecule has 0 aliphatic heterocycles. The number of halogens is 2. The van der Waals surface area contributed by atoms with E-state index in [1.54, 1.807) is 26.0 Å². The van der Waals surface area contributed by atoms with Gasteiger partial charge in [-0.2, -0.15) is 0 Å². The van der Waals surface area contributed by atoms with Gasteiger partial charge in [-0.25, -0.2) is 13.1 Å². The van der Waals surface area contributed by atoms with Crippen LogP contribution in [0.1, 0.15) is 17.1 Å². The van der Waals surface area contributed by atoms with Crippen molar-refractivity contribution in [3.05, 3.63) is 51.4 Å². The SMILES string of the molecule is Cc1cc(CNS(=O)(=O)c2c(Cl)cccc2Cl)c(C)o1. The predicted molar refractivity (Wildman–Crippen MR) is 78.7 cm³/mol. The Hall–Kier alpha value is -1.01. The number of hydrogen-bond donors (Lipinski definition) is 1. The average molecular weight is 334 g/mol. The van der Waals surface area contributed by atoms with Gasteiger partial charge in [-0.1, -0.05) is 29.3 Å². The molecule has 1 heterocycles. The summed E-state index contributed by atoms with van der Waals surface area (Å²) >= 11 is 11.8. The topological polar surface area (TPSA) is 59.3 Å². The van der Waals surface area contributed by atoms with E-state index in [-0.39, 0.29) is 21.5 Å². The maximum atomic E-state index is 12.3. The molecule has 0 bridgehead atoms. The molecule has 0 atom stereocenters. The van der Waals surface area contributed by atoms with Crippen molar-refractivity contribution in [1.29, 1.82) is 0 Å². The molecule has 0 unspecified atom stereocenters. The second kappa shape index (κ2) is 5.77. The van der Waals surface area contributed by atoms with Crippen molar-refractivity contribution in [1.82, 2.24) is 4.72 Å². The van der Waals surface area contributed by atoms with Gasteiger partial charge in [0.05, 0.1) is 10.0 Å². The number of sulfonamides is 1. The Bertz CT molecular complexity index is 718. The summed E-state index contributed by atoms with van der Waals surface area (Å²) in [5.41, 5.74) is 0.772. The van der Waals surface area contributed by atoms with Crippen LogP contribution >= 0.6 is 23.2 Å². The van der Waals surface area contributed by atoms with Crippen LogP contribution < -0.4 is 4.72 Å². The highest BCUT2D eigenvalue weighted by molar-refractivity contribution is 7.89. The predicted octanol–water partition coefficient (Wildman–Crippen LogP) is 3.68. The van der Waals surface area contributed by atoms with E-state index >= 15 is 0 Å². The Morgan fingerprint density at radius 1 is 1.20 bits per heavy atom. The molecule has 0 saturated carbocycles. The fourth-order valence-electron chi connectivity index (χ4n) is 1.84. The van der Waals surface area contributed by atoms with Gasteiger partial charge < -0.3 is 4.42 Å². The number of hydrogen-bond acceptors (Lipinski definition) is 3. The summed E-state index contributed by atoms with van der Waals surface area (Å²) in [5, 5.41) is 0.176. The number of benzene rings is 1. The molecule has 1 N–H and O–H groups in total. The monoisotopic (exact) mass is 333 g/mol. The Morgan fingerprint density at radius 3 is 2.30 bits per heavy atom. The van der Waals surface area contributed by atoms with Gasteiger partial charge >= 0.3 is 0 Å². The molecule has 0 spiro atoms. The second-order valence-corrected chi connectivity index (χ2v) is 6.83. The number of nitrogens with one attached hydrogen (secondary N) is 1. The first-order valence-corrected chi connectivity index (χ1v) is 8.05. The van der Waals surface area contributed by atoms with Gasteiger partial charge in [-0.15, -0.1) is 0 Å². The van der Waals surface area contributed by atoms with Gasteiger partial charge in [-0.3, -0.25) is 0 Å². The van der Waals surface area contributed by atoms with Gasteiger partial charge in [0.25, 0.3) is 0 Å². The summed E-state index contributed by atoms with van der Waals surface area (Å²) in [6.07, 6.45) is 0. The number of rotatable bonds is 4. The van der Waals surface area contributed by atoms with Crippen LogP contribution in [0.5, 0.6) is 0 Å². The summed E-state index contributed by atoms with van der Waals surface area (Å²) in [5.74, 6) is 1.41. The van der Waals surface area contributed by atoms with Crippen LogP contribution in [-0.2, 0) is 16.6 Å². The summed E-state index contributed by atoms with van der Waals surface area (Å²) in [4.78, 5) is -0.110. The lowest BCUT2D eigenvalue weighted by atomic mass is 10.2. The molecule has 0 radical (unpaired) electrons. The van der Waals surface area contributed by atoms with E-state index in [9.17, 15) is 8.42 Å². The number of furan rings is 1. The van der Waals surface area contributed by atoms with E-state index in [0.717, 1.165) is 11.3 Å². The molecule has 0 saturated heterocycles. The quantitative estimate of drug-likeness (QED) is 0.928. The van der Waals surface area contributed by atoms with Crippen molar-refractivity contribution in [2.45, 2.75) is 25.3 Å². The minimum Gasteiger partial charge on any atom is -0.466 e. The zero-order chi connectivity index (χ0) is 14.9. The lowest BCUT2D eigenvalue weighted by Crippen LogP contribution is -2.24. The third-order valence-corrected chi connectivity index (χ3v) is 5.14. The van der Waals surface area contributed by atoms with Gasteiger partial charge in [0.2, 0.25) is 10.0 Å². The van der Waals surface area contributed by atoms with Gasteiger partial charge in [0.15, 0.2) is 0 Å². The van der Waals surface area contributed by atoms with Gasteiger partial charge in [0.1, 0.15) is 16.4 Å². The van der Waals surface area contributed by atoms with Crippen molar-refractivity contribution in [2.75, 3.05) is 0 Å². The summed E-state index contributed by atoms with van der Waals surface area (Å²) in [7, 11) is -3.78. The maximum absolute atomic E-state index is 12.3. The minimum absolute atomic E-state index is 0.0881. The van der Waals surface area contributed by atoms with Crippen LogP contribution in [0.15, 0.2) is 33.6 Å². The Morgan fingerprint density at radius 2 is 1.80 bits per heavy atom. The van der Waals surface area contributed by atoms with E-state index in [2.05, 4.69) is 4.72 Å². The molecule has 0 fully saturated rings. The zero-order valence-electron chi connectivity index (χ0n) is 10.9. The van der Waals surface area contributed by atoms with Crippen molar-refractivity contribution < 1.29 is 12.8 Å². The van der Waals surface area contributed by atoms with Crippen LogP contribution in [0.2, 0.25) is 10.0 Å². The molecule has 7 heteroatoms. The molecule has 1 aromatic carbocycles. The van der Waals surface area contributed by atoms with Crippen molar-refractivity contribution in [3.63, 3.8) is 0 Å². The first-order valence-electron chi connectivity index (χ1n) is 5.81. The van der Waals surface area contributed by atoms with Gasteiger partial charge in [-0.05, 0) is 32.0 Å². The standard InChI is InChI=1S/C13H13Cl2NO3S/c1-8-6-10(9(2)19-8)7-16-20(17,18)13-11(14)4-3-5-12(13)15/h3-6,16H,7H2,1-2H3. The summed E-state index contributed by atoms with van der Waals surface area (Å²) in [6, 6.07) is 6.34. The Kier molecular flexibility index (Phi) is 4.44. The normalized spacial score (nSPS) is 11.8. The van der Waals surface area contributed by atoms with E-state index in [1.165, 1.54) is 12.1 Å². The third-order valence-electron chi connectivity index (χ3n) is 2.78. The fraction of sp³-hybridized carbons (Fsp3) is 0.231. The first kappa shape index (κ1) is 15.4. The highest BCUT2D eigenvalue weighted by atomic mass is 35.5. The Labute approximate surface area is 127 Å². The van der Waals surface area contributed by atoms with E-state index in [4.69, 9.17) is 27.6 Å².